The van der Waals surface area contributed by atoms with Gasteiger partial charge in [0.25, 0.3) is 0 Å². The molecule has 0 radical (unpaired) electrons. The number of aromatic amines is 2. The summed E-state index contributed by atoms with van der Waals surface area (Å²) >= 11 is 0. The zero-order valence-electron chi connectivity index (χ0n) is 15.1. The summed E-state index contributed by atoms with van der Waals surface area (Å²) in [5.74, 6) is 2.10. The van der Waals surface area contributed by atoms with Crippen LogP contribution in [0, 0.1) is 23.2 Å². The van der Waals surface area contributed by atoms with Gasteiger partial charge in [0.05, 0.1) is 11.9 Å². The topological polar surface area (TPSA) is 109 Å². The fourth-order valence-corrected chi connectivity index (χ4v) is 4.55. The highest BCUT2D eigenvalue weighted by molar-refractivity contribution is 5.94. The van der Waals surface area contributed by atoms with Crippen molar-refractivity contribution in [3.63, 3.8) is 0 Å². The number of fused-ring (bicyclic) bond motifs is 3. The van der Waals surface area contributed by atoms with E-state index in [1.165, 1.54) is 0 Å². The van der Waals surface area contributed by atoms with Gasteiger partial charge in [0.15, 0.2) is 5.65 Å². The van der Waals surface area contributed by atoms with Gasteiger partial charge in [-0.15, -0.1) is 0 Å². The van der Waals surface area contributed by atoms with Gasteiger partial charge < -0.3 is 20.2 Å². The quantitative estimate of drug-likeness (QED) is 0.498. The minimum absolute atomic E-state index is 0.645. The van der Waals surface area contributed by atoms with Crippen molar-refractivity contribution in [3.8, 4) is 17.3 Å². The number of H-pyrrole nitrogens is 2. The molecule has 0 aliphatic carbocycles. The molecule has 2 aliphatic rings. The highest BCUT2D eigenvalue weighted by Crippen LogP contribution is 2.33. The Bertz CT molecular complexity index is 1230. The molecule has 1 aromatic carbocycles. The third-order valence-corrected chi connectivity index (χ3v) is 6.02. The average molecular weight is 370 g/mol. The van der Waals surface area contributed by atoms with Crippen LogP contribution in [0.3, 0.4) is 0 Å². The van der Waals surface area contributed by atoms with Gasteiger partial charge in [-0.3, -0.25) is 0 Å². The Hall–Kier alpha value is -3.44. The van der Waals surface area contributed by atoms with Crippen molar-refractivity contribution in [2.45, 2.75) is 0 Å². The van der Waals surface area contributed by atoms with Crippen molar-refractivity contribution in [3.05, 3.63) is 36.3 Å². The summed E-state index contributed by atoms with van der Waals surface area (Å²) in [5.41, 5.74) is 4.84. The molecule has 8 heteroatoms. The Kier molecular flexibility index (Phi) is 3.22. The van der Waals surface area contributed by atoms with Crippen LogP contribution in [0.5, 0.6) is 0 Å². The molecule has 28 heavy (non-hydrogen) atoms. The molecule has 0 amide bonds. The maximum Gasteiger partial charge on any atom is 0.228 e. The lowest BCUT2D eigenvalue weighted by molar-refractivity contribution is 0.533. The third-order valence-electron chi connectivity index (χ3n) is 6.02. The lowest BCUT2D eigenvalue weighted by Gasteiger charge is -2.18. The van der Waals surface area contributed by atoms with Crippen molar-refractivity contribution < 1.29 is 0 Å². The normalized spacial score (nSPS) is 21.5. The summed E-state index contributed by atoms with van der Waals surface area (Å²) in [6.45, 7) is 4.12. The standard InChI is InChI=1S/C20H18N8/c21-4-12-7-23-16-3-11(1-2-15(12)16)17-18-19(25-10-24-18)27-20(26-17)28-8-13-5-22-6-14(13)9-28/h1-3,7,10,13-14,22-23H,5-6,8-9H2,(H,24,25,26,27). The predicted molar refractivity (Wildman–Crippen MR) is 106 cm³/mol. The summed E-state index contributed by atoms with van der Waals surface area (Å²) in [4.78, 5) is 22.7. The molecule has 2 fully saturated rings. The zero-order chi connectivity index (χ0) is 18.7. The van der Waals surface area contributed by atoms with E-state index in [9.17, 15) is 5.26 Å². The van der Waals surface area contributed by atoms with Crippen LogP contribution in [0.25, 0.3) is 33.3 Å². The van der Waals surface area contributed by atoms with Crippen LogP contribution >= 0.6 is 0 Å². The number of aromatic nitrogens is 5. The van der Waals surface area contributed by atoms with E-state index in [1.54, 1.807) is 12.5 Å². The average Bonchev–Trinajstić information content (AvgIpc) is 3.48. The largest absolute Gasteiger partial charge is 0.360 e. The third kappa shape index (κ3) is 2.23. The lowest BCUT2D eigenvalue weighted by atomic mass is 10.0. The number of hydrogen-bond acceptors (Lipinski definition) is 6. The van der Waals surface area contributed by atoms with E-state index >= 15 is 0 Å². The number of rotatable bonds is 2. The molecule has 0 saturated carbocycles. The second-order valence-corrected chi connectivity index (χ2v) is 7.63. The number of nitrogens with one attached hydrogen (secondary N) is 3. The molecule has 8 nitrogen and oxygen atoms in total. The second-order valence-electron chi connectivity index (χ2n) is 7.63. The maximum atomic E-state index is 9.24. The van der Waals surface area contributed by atoms with E-state index in [2.05, 4.69) is 31.2 Å². The summed E-state index contributed by atoms with van der Waals surface area (Å²) in [5, 5.41) is 13.6. The monoisotopic (exact) mass is 370 g/mol. The van der Waals surface area contributed by atoms with Crippen molar-refractivity contribution in [2.75, 3.05) is 31.1 Å². The Morgan fingerprint density at radius 2 is 1.96 bits per heavy atom. The van der Waals surface area contributed by atoms with Crippen molar-refractivity contribution in [2.24, 2.45) is 11.8 Å². The Morgan fingerprint density at radius 3 is 2.79 bits per heavy atom. The van der Waals surface area contributed by atoms with Gasteiger partial charge in [0.1, 0.15) is 17.3 Å². The van der Waals surface area contributed by atoms with Crippen LogP contribution in [0.4, 0.5) is 5.95 Å². The SMILES string of the molecule is N#Cc1c[nH]c2cc(-c3nc(N4CC5CNCC5C4)nc4[nH]cnc34)ccc12. The fraction of sp³-hybridized carbons (Fsp3) is 0.300. The second kappa shape index (κ2) is 5.78. The molecule has 3 aromatic heterocycles. The maximum absolute atomic E-state index is 9.24. The van der Waals surface area contributed by atoms with Crippen LogP contribution in [-0.2, 0) is 0 Å². The van der Waals surface area contributed by atoms with Crippen molar-refractivity contribution in [1.29, 1.82) is 5.26 Å². The Balaban J connectivity index is 1.47. The van der Waals surface area contributed by atoms with Gasteiger partial charge in [0.2, 0.25) is 5.95 Å². The van der Waals surface area contributed by atoms with E-state index in [0.29, 0.717) is 17.4 Å². The van der Waals surface area contributed by atoms with Crippen LogP contribution < -0.4 is 10.2 Å². The summed E-state index contributed by atoms with van der Waals surface area (Å²) in [6, 6.07) is 8.21. The van der Waals surface area contributed by atoms with Crippen LogP contribution in [0.1, 0.15) is 5.56 Å². The zero-order valence-corrected chi connectivity index (χ0v) is 15.1. The molecule has 5 heterocycles. The number of hydrogen-bond donors (Lipinski definition) is 3. The first-order chi connectivity index (χ1) is 13.8. The number of imidazole rings is 1. The number of nitrogens with zero attached hydrogens (tertiary/aromatic N) is 5. The first-order valence-corrected chi connectivity index (χ1v) is 9.48. The smallest absolute Gasteiger partial charge is 0.228 e. The van der Waals surface area contributed by atoms with Crippen molar-refractivity contribution >= 4 is 28.0 Å². The Labute approximate surface area is 160 Å². The number of nitriles is 1. The molecule has 2 aliphatic heterocycles. The van der Waals surface area contributed by atoms with Gasteiger partial charge in [-0.1, -0.05) is 12.1 Å². The van der Waals surface area contributed by atoms with Crippen LogP contribution in [-0.4, -0.2) is 51.1 Å². The van der Waals surface area contributed by atoms with E-state index in [4.69, 9.17) is 9.97 Å². The predicted octanol–water partition coefficient (Wildman–Crippen LogP) is 2.03. The molecule has 3 N–H and O–H groups in total. The number of anilines is 1. The molecule has 6 rings (SSSR count). The molecule has 0 bridgehead atoms. The fourth-order valence-electron chi connectivity index (χ4n) is 4.55. The van der Waals surface area contributed by atoms with Gasteiger partial charge in [-0.25, -0.2) is 9.97 Å². The van der Waals surface area contributed by atoms with Gasteiger partial charge in [0, 0.05) is 48.8 Å². The van der Waals surface area contributed by atoms with E-state index < -0.39 is 0 Å². The van der Waals surface area contributed by atoms with Crippen LogP contribution in [0.2, 0.25) is 0 Å². The molecular formula is C20H18N8. The molecular weight excluding hydrogens is 352 g/mol. The summed E-state index contributed by atoms with van der Waals surface area (Å²) < 4.78 is 0. The van der Waals surface area contributed by atoms with Gasteiger partial charge in [-0.05, 0) is 17.9 Å². The Morgan fingerprint density at radius 1 is 1.11 bits per heavy atom. The highest BCUT2D eigenvalue weighted by atomic mass is 15.3. The summed E-state index contributed by atoms with van der Waals surface area (Å²) in [7, 11) is 0. The van der Waals surface area contributed by atoms with Crippen LogP contribution in [0.15, 0.2) is 30.7 Å². The first kappa shape index (κ1) is 15.6. The highest BCUT2D eigenvalue weighted by Gasteiger charge is 2.37. The van der Waals surface area contributed by atoms with E-state index in [0.717, 1.165) is 65.5 Å². The minimum Gasteiger partial charge on any atom is -0.360 e. The lowest BCUT2D eigenvalue weighted by Crippen LogP contribution is -2.27. The van der Waals surface area contributed by atoms with Gasteiger partial charge in [-0.2, -0.15) is 10.2 Å². The first-order valence-electron chi connectivity index (χ1n) is 9.48. The minimum atomic E-state index is 0.645. The van der Waals surface area contributed by atoms with E-state index in [-0.39, 0.29) is 0 Å². The molecule has 2 saturated heterocycles. The molecule has 138 valence electrons. The van der Waals surface area contributed by atoms with E-state index in [1.807, 2.05) is 18.2 Å². The molecule has 2 atom stereocenters. The van der Waals surface area contributed by atoms with Crippen molar-refractivity contribution in [1.82, 2.24) is 30.2 Å². The van der Waals surface area contributed by atoms with Gasteiger partial charge >= 0.3 is 0 Å². The number of benzene rings is 1. The summed E-state index contributed by atoms with van der Waals surface area (Å²) in [6.07, 6.45) is 3.40. The molecule has 4 aromatic rings. The molecule has 0 spiro atoms. The molecule has 2 unspecified atom stereocenters.